The topological polar surface area (TPSA) is 55.1 Å². The third-order valence-electron chi connectivity index (χ3n) is 2.93. The molecule has 5 heteroatoms. The Morgan fingerprint density at radius 1 is 1.05 bits per heavy atom. The van der Waals surface area contributed by atoms with Crippen LogP contribution in [0, 0.1) is 11.6 Å². The molecule has 0 aromatic heterocycles. The number of halogens is 2. The Hall–Kier alpha value is -2.43. The van der Waals surface area contributed by atoms with Crippen molar-refractivity contribution < 1.29 is 13.6 Å². The van der Waals surface area contributed by atoms with E-state index in [-0.39, 0.29) is 18.5 Å². The summed E-state index contributed by atoms with van der Waals surface area (Å²) in [4.78, 5) is 11.7. The van der Waals surface area contributed by atoms with Gasteiger partial charge >= 0.3 is 0 Å². The minimum absolute atomic E-state index is 0.224. The van der Waals surface area contributed by atoms with Crippen LogP contribution < -0.4 is 11.1 Å². The average molecular weight is 276 g/mol. The van der Waals surface area contributed by atoms with E-state index in [9.17, 15) is 13.6 Å². The van der Waals surface area contributed by atoms with Gasteiger partial charge in [0.05, 0.1) is 6.42 Å². The van der Waals surface area contributed by atoms with Crippen LogP contribution >= 0.6 is 0 Å². The fourth-order valence-electron chi connectivity index (χ4n) is 1.81. The predicted octanol–water partition coefficient (Wildman–Crippen LogP) is 2.41. The van der Waals surface area contributed by atoms with Crippen LogP contribution in [-0.2, 0) is 17.8 Å². The van der Waals surface area contributed by atoms with Crippen molar-refractivity contribution in [3.8, 4) is 0 Å². The zero-order chi connectivity index (χ0) is 14.5. The Morgan fingerprint density at radius 2 is 1.70 bits per heavy atom. The van der Waals surface area contributed by atoms with Gasteiger partial charge in [-0.2, -0.15) is 0 Å². The molecule has 0 saturated carbocycles. The minimum atomic E-state index is -0.723. The molecule has 0 aliphatic rings. The lowest BCUT2D eigenvalue weighted by molar-refractivity contribution is -0.120. The predicted molar refractivity (Wildman–Crippen MR) is 72.8 cm³/mol. The second-order valence-corrected chi connectivity index (χ2v) is 4.35. The van der Waals surface area contributed by atoms with Crippen molar-refractivity contribution in [3.05, 3.63) is 65.2 Å². The SMILES string of the molecule is Nc1ccccc1CNC(=O)Cc1c(F)cccc1F. The van der Waals surface area contributed by atoms with Crippen LogP contribution in [0.15, 0.2) is 42.5 Å². The summed E-state index contributed by atoms with van der Waals surface area (Å²) in [5.41, 5.74) is 6.82. The van der Waals surface area contributed by atoms with Crippen LogP contribution in [0.3, 0.4) is 0 Å². The van der Waals surface area contributed by atoms with Crippen molar-refractivity contribution in [1.29, 1.82) is 0 Å². The number of carbonyl (C=O) groups is 1. The standard InChI is InChI=1S/C15H14F2N2O/c16-12-5-3-6-13(17)11(12)8-15(20)19-9-10-4-1-2-7-14(10)18/h1-7H,8-9,18H2,(H,19,20). The van der Waals surface area contributed by atoms with Crippen LogP contribution in [0.4, 0.5) is 14.5 Å². The third kappa shape index (κ3) is 3.32. The van der Waals surface area contributed by atoms with Crippen LogP contribution in [-0.4, -0.2) is 5.91 Å². The molecular formula is C15H14F2N2O. The number of nitrogens with two attached hydrogens (primary N) is 1. The second-order valence-electron chi connectivity index (χ2n) is 4.35. The molecule has 0 fully saturated rings. The molecule has 3 N–H and O–H groups in total. The number of amides is 1. The smallest absolute Gasteiger partial charge is 0.224 e. The fourth-order valence-corrected chi connectivity index (χ4v) is 1.81. The number of para-hydroxylation sites is 1. The van der Waals surface area contributed by atoms with Gasteiger partial charge in [0.15, 0.2) is 0 Å². The number of hydrogen-bond donors (Lipinski definition) is 2. The highest BCUT2D eigenvalue weighted by atomic mass is 19.1. The van der Waals surface area contributed by atoms with Crippen molar-refractivity contribution in [2.45, 2.75) is 13.0 Å². The molecule has 0 radical (unpaired) electrons. The largest absolute Gasteiger partial charge is 0.398 e. The van der Waals surface area contributed by atoms with E-state index < -0.39 is 17.5 Å². The van der Waals surface area contributed by atoms with Crippen LogP contribution in [0.1, 0.15) is 11.1 Å². The van der Waals surface area contributed by atoms with Crippen molar-refractivity contribution >= 4 is 11.6 Å². The Morgan fingerprint density at radius 3 is 2.35 bits per heavy atom. The first kappa shape index (κ1) is 14.0. The van der Waals surface area contributed by atoms with Crippen molar-refractivity contribution in [3.63, 3.8) is 0 Å². The number of nitrogen functional groups attached to an aromatic ring is 1. The third-order valence-corrected chi connectivity index (χ3v) is 2.93. The zero-order valence-corrected chi connectivity index (χ0v) is 10.7. The fraction of sp³-hybridized carbons (Fsp3) is 0.133. The maximum atomic E-state index is 13.4. The van der Waals surface area contributed by atoms with Crippen LogP contribution in [0.2, 0.25) is 0 Å². The Labute approximate surface area is 115 Å². The van der Waals surface area contributed by atoms with Gasteiger partial charge in [0.1, 0.15) is 11.6 Å². The molecule has 0 aliphatic carbocycles. The summed E-state index contributed by atoms with van der Waals surface area (Å²) < 4.78 is 26.8. The van der Waals surface area contributed by atoms with Crippen molar-refractivity contribution in [1.82, 2.24) is 5.32 Å². The molecule has 0 atom stereocenters. The van der Waals surface area contributed by atoms with Crippen LogP contribution in [0.5, 0.6) is 0 Å². The summed E-state index contributed by atoms with van der Waals surface area (Å²) in [5.74, 6) is -1.91. The summed E-state index contributed by atoms with van der Waals surface area (Å²) in [6.07, 6.45) is -0.342. The van der Waals surface area contributed by atoms with Gasteiger partial charge in [-0.25, -0.2) is 8.78 Å². The Balaban J connectivity index is 1.98. The summed E-state index contributed by atoms with van der Waals surface area (Å²) in [5, 5.41) is 2.59. The van der Waals surface area contributed by atoms with E-state index in [0.717, 1.165) is 17.7 Å². The van der Waals surface area contributed by atoms with Gasteiger partial charge in [-0.1, -0.05) is 24.3 Å². The highest BCUT2D eigenvalue weighted by Gasteiger charge is 2.12. The van der Waals surface area contributed by atoms with Gasteiger partial charge < -0.3 is 11.1 Å². The first-order chi connectivity index (χ1) is 9.58. The monoisotopic (exact) mass is 276 g/mol. The van der Waals surface area contributed by atoms with Gasteiger partial charge in [-0.3, -0.25) is 4.79 Å². The number of anilines is 1. The number of hydrogen-bond acceptors (Lipinski definition) is 2. The molecule has 2 rings (SSSR count). The lowest BCUT2D eigenvalue weighted by atomic mass is 10.1. The molecule has 0 unspecified atom stereocenters. The molecule has 2 aromatic carbocycles. The molecule has 0 heterocycles. The van der Waals surface area contributed by atoms with E-state index in [1.807, 2.05) is 0 Å². The first-order valence-electron chi connectivity index (χ1n) is 6.11. The van der Waals surface area contributed by atoms with Gasteiger partial charge in [0, 0.05) is 17.8 Å². The van der Waals surface area contributed by atoms with Gasteiger partial charge in [0.2, 0.25) is 5.91 Å². The summed E-state index contributed by atoms with van der Waals surface area (Å²) in [7, 11) is 0. The lowest BCUT2D eigenvalue weighted by Gasteiger charge is -2.08. The zero-order valence-electron chi connectivity index (χ0n) is 10.7. The molecule has 0 spiro atoms. The van der Waals surface area contributed by atoms with Crippen molar-refractivity contribution in [2.24, 2.45) is 0 Å². The highest BCUT2D eigenvalue weighted by Crippen LogP contribution is 2.13. The molecule has 1 amide bonds. The van der Waals surface area contributed by atoms with E-state index in [0.29, 0.717) is 5.69 Å². The number of carbonyl (C=O) groups excluding carboxylic acids is 1. The van der Waals surface area contributed by atoms with E-state index >= 15 is 0 Å². The molecule has 0 aliphatic heterocycles. The van der Waals surface area contributed by atoms with E-state index in [4.69, 9.17) is 5.73 Å². The maximum Gasteiger partial charge on any atom is 0.224 e. The van der Waals surface area contributed by atoms with Crippen LogP contribution in [0.25, 0.3) is 0 Å². The normalized spacial score (nSPS) is 10.3. The Bertz CT molecular complexity index is 609. The number of benzene rings is 2. The number of rotatable bonds is 4. The average Bonchev–Trinajstić information content (AvgIpc) is 2.42. The summed E-state index contributed by atoms with van der Waals surface area (Å²) >= 11 is 0. The molecular weight excluding hydrogens is 262 g/mol. The first-order valence-corrected chi connectivity index (χ1v) is 6.11. The quantitative estimate of drug-likeness (QED) is 0.843. The molecule has 2 aromatic rings. The van der Waals surface area contributed by atoms with Gasteiger partial charge in [-0.15, -0.1) is 0 Å². The van der Waals surface area contributed by atoms with E-state index in [2.05, 4.69) is 5.32 Å². The molecule has 3 nitrogen and oxygen atoms in total. The van der Waals surface area contributed by atoms with Gasteiger partial charge in [-0.05, 0) is 23.8 Å². The maximum absolute atomic E-state index is 13.4. The Kier molecular flexibility index (Phi) is 4.30. The van der Waals surface area contributed by atoms with E-state index in [1.54, 1.807) is 24.3 Å². The summed E-state index contributed by atoms with van der Waals surface area (Å²) in [6.45, 7) is 0.224. The molecule has 0 bridgehead atoms. The number of nitrogens with one attached hydrogen (secondary N) is 1. The summed E-state index contributed by atoms with van der Waals surface area (Å²) in [6, 6.07) is 10.6. The van der Waals surface area contributed by atoms with Gasteiger partial charge in [0.25, 0.3) is 0 Å². The van der Waals surface area contributed by atoms with E-state index in [1.165, 1.54) is 6.07 Å². The highest BCUT2D eigenvalue weighted by molar-refractivity contribution is 5.78. The minimum Gasteiger partial charge on any atom is -0.398 e. The molecule has 104 valence electrons. The lowest BCUT2D eigenvalue weighted by Crippen LogP contribution is -2.25. The van der Waals surface area contributed by atoms with Crippen molar-refractivity contribution in [2.75, 3.05) is 5.73 Å². The molecule has 20 heavy (non-hydrogen) atoms. The second kappa shape index (κ2) is 6.14. The molecule has 0 saturated heterocycles.